The lowest BCUT2D eigenvalue weighted by Gasteiger charge is -2.25. The van der Waals surface area contributed by atoms with Crippen LogP contribution in [0.3, 0.4) is 0 Å². The number of likely N-dealkylation sites (N-methyl/N-ethyl adjacent to an activating group) is 1. The van der Waals surface area contributed by atoms with E-state index >= 15 is 0 Å². The number of nitrogens with zero attached hydrogens (tertiary/aromatic N) is 1. The van der Waals surface area contributed by atoms with Gasteiger partial charge in [-0.2, -0.15) is 0 Å². The lowest BCUT2D eigenvalue weighted by Crippen LogP contribution is -2.43. The number of rotatable bonds is 6. The third-order valence-electron chi connectivity index (χ3n) is 2.09. The number of nitrogens with two attached hydrogens (primary N) is 1. The number of hydrogen-bond acceptors (Lipinski definition) is 4. The average molecular weight is 221 g/mol. The lowest BCUT2D eigenvalue weighted by molar-refractivity contribution is 0.305. The van der Waals surface area contributed by atoms with E-state index in [9.17, 15) is 8.42 Å². The fourth-order valence-corrected chi connectivity index (χ4v) is 1.85. The number of amidine groups is 1. The van der Waals surface area contributed by atoms with E-state index in [0.717, 1.165) is 6.42 Å². The number of hydrogen-bond donors (Lipinski definition) is 2. The van der Waals surface area contributed by atoms with E-state index in [2.05, 4.69) is 0 Å². The van der Waals surface area contributed by atoms with Crippen LogP contribution < -0.4 is 5.73 Å². The van der Waals surface area contributed by atoms with E-state index in [1.54, 1.807) is 11.9 Å². The van der Waals surface area contributed by atoms with Crippen LogP contribution in [0.15, 0.2) is 0 Å². The van der Waals surface area contributed by atoms with Crippen LogP contribution in [-0.4, -0.2) is 50.8 Å². The maximum Gasteiger partial charge on any atom is 0.148 e. The summed E-state index contributed by atoms with van der Waals surface area (Å²) < 4.78 is 21.8. The molecule has 0 fully saturated rings. The maximum absolute atomic E-state index is 10.9. The van der Waals surface area contributed by atoms with Crippen LogP contribution >= 0.6 is 0 Å². The van der Waals surface area contributed by atoms with Crippen molar-refractivity contribution in [3.05, 3.63) is 0 Å². The third kappa shape index (κ3) is 5.18. The molecule has 0 aliphatic carbocycles. The van der Waals surface area contributed by atoms with Crippen molar-refractivity contribution in [3.63, 3.8) is 0 Å². The zero-order valence-electron chi connectivity index (χ0n) is 8.95. The summed E-state index contributed by atoms with van der Waals surface area (Å²) in [4.78, 5) is 1.80. The monoisotopic (exact) mass is 221 g/mol. The van der Waals surface area contributed by atoms with Crippen molar-refractivity contribution in [1.82, 2.24) is 4.90 Å². The molecule has 0 aromatic heterocycles. The van der Waals surface area contributed by atoms with Crippen molar-refractivity contribution in [2.45, 2.75) is 19.4 Å². The summed E-state index contributed by atoms with van der Waals surface area (Å²) in [6, 6.07) is -0.156. The summed E-state index contributed by atoms with van der Waals surface area (Å²) in [5.41, 5.74) is 5.38. The molecule has 0 aromatic carbocycles. The first-order valence-corrected chi connectivity index (χ1v) is 6.56. The third-order valence-corrected chi connectivity index (χ3v) is 3.02. The van der Waals surface area contributed by atoms with Crippen LogP contribution in [0.25, 0.3) is 0 Å². The molecule has 0 amide bonds. The van der Waals surface area contributed by atoms with Gasteiger partial charge in [0.25, 0.3) is 0 Å². The summed E-state index contributed by atoms with van der Waals surface area (Å²) in [6.45, 7) is 2.33. The molecule has 14 heavy (non-hydrogen) atoms. The van der Waals surface area contributed by atoms with E-state index in [1.807, 2.05) is 6.92 Å². The molecular formula is C8H19N3O2S. The molecular weight excluding hydrogens is 202 g/mol. The minimum atomic E-state index is -2.94. The summed E-state index contributed by atoms with van der Waals surface area (Å²) in [5, 5.41) is 7.30. The van der Waals surface area contributed by atoms with Crippen LogP contribution in [0, 0.1) is 5.41 Å². The number of sulfone groups is 1. The van der Waals surface area contributed by atoms with Crippen molar-refractivity contribution in [2.24, 2.45) is 5.73 Å². The van der Waals surface area contributed by atoms with Gasteiger partial charge in [0.2, 0.25) is 0 Å². The van der Waals surface area contributed by atoms with Crippen LogP contribution in [0.5, 0.6) is 0 Å². The minimum Gasteiger partial charge on any atom is -0.386 e. The highest BCUT2D eigenvalue weighted by molar-refractivity contribution is 7.90. The van der Waals surface area contributed by atoms with E-state index in [4.69, 9.17) is 11.1 Å². The van der Waals surface area contributed by atoms with Gasteiger partial charge in [0.15, 0.2) is 0 Å². The van der Waals surface area contributed by atoms with Gasteiger partial charge in [-0.1, -0.05) is 6.92 Å². The first-order valence-electron chi connectivity index (χ1n) is 4.49. The van der Waals surface area contributed by atoms with E-state index in [0.29, 0.717) is 6.54 Å². The van der Waals surface area contributed by atoms with Crippen molar-refractivity contribution in [2.75, 3.05) is 25.6 Å². The molecule has 1 atom stereocenters. The molecule has 0 heterocycles. The number of nitrogens with one attached hydrogen (secondary N) is 1. The molecule has 5 nitrogen and oxygen atoms in total. The highest BCUT2D eigenvalue weighted by Gasteiger charge is 2.16. The molecule has 84 valence electrons. The molecule has 0 aliphatic rings. The van der Waals surface area contributed by atoms with Gasteiger partial charge in [-0.15, -0.1) is 0 Å². The molecule has 0 aromatic rings. The molecule has 6 heteroatoms. The smallest absolute Gasteiger partial charge is 0.148 e. The molecule has 0 radical (unpaired) electrons. The predicted molar refractivity (Wildman–Crippen MR) is 58.3 cm³/mol. The van der Waals surface area contributed by atoms with Crippen molar-refractivity contribution in [1.29, 1.82) is 5.41 Å². The van der Waals surface area contributed by atoms with E-state index in [1.165, 1.54) is 6.26 Å². The maximum atomic E-state index is 10.9. The van der Waals surface area contributed by atoms with Gasteiger partial charge in [-0.25, -0.2) is 8.42 Å². The van der Waals surface area contributed by atoms with Crippen LogP contribution in [0.2, 0.25) is 0 Å². The first-order chi connectivity index (χ1) is 6.28. The summed E-state index contributed by atoms with van der Waals surface area (Å²) >= 11 is 0. The van der Waals surface area contributed by atoms with Crippen LogP contribution in [0.4, 0.5) is 0 Å². The Balaban J connectivity index is 4.19. The zero-order chi connectivity index (χ0) is 11.4. The Kier molecular flexibility index (Phi) is 5.07. The second kappa shape index (κ2) is 5.31. The fraction of sp³-hybridized carbons (Fsp3) is 0.875. The topological polar surface area (TPSA) is 87.2 Å². The SMILES string of the molecule is CCC(C(=N)N)N(C)CCS(C)(=O)=O. The van der Waals surface area contributed by atoms with Gasteiger partial charge in [0.1, 0.15) is 15.7 Å². The molecule has 0 aliphatic heterocycles. The molecule has 0 spiro atoms. The Bertz CT molecular complexity index is 287. The standard InChI is InChI=1S/C8H19N3O2S/c1-4-7(8(9)10)11(2)5-6-14(3,12)13/h7H,4-6H2,1-3H3,(H3,9,10). The largest absolute Gasteiger partial charge is 0.386 e. The van der Waals surface area contributed by atoms with E-state index in [-0.39, 0.29) is 17.6 Å². The normalized spacial score (nSPS) is 14.3. The van der Waals surface area contributed by atoms with Crippen LogP contribution in [-0.2, 0) is 9.84 Å². The molecule has 0 saturated heterocycles. The first kappa shape index (κ1) is 13.4. The van der Waals surface area contributed by atoms with Gasteiger partial charge < -0.3 is 5.73 Å². The Morgan fingerprint density at radius 1 is 1.57 bits per heavy atom. The molecule has 3 N–H and O–H groups in total. The van der Waals surface area contributed by atoms with Crippen molar-refractivity contribution in [3.8, 4) is 0 Å². The summed E-state index contributed by atoms with van der Waals surface area (Å²) in [6.07, 6.45) is 1.92. The molecule has 0 bridgehead atoms. The Hall–Kier alpha value is -0.620. The van der Waals surface area contributed by atoms with E-state index < -0.39 is 9.84 Å². The predicted octanol–water partition coefficient (Wildman–Crippen LogP) is -0.323. The summed E-state index contributed by atoms with van der Waals surface area (Å²) in [5.74, 6) is 0.191. The highest BCUT2D eigenvalue weighted by atomic mass is 32.2. The molecule has 0 saturated carbocycles. The second-order valence-electron chi connectivity index (χ2n) is 3.49. The van der Waals surface area contributed by atoms with Gasteiger partial charge >= 0.3 is 0 Å². The quantitative estimate of drug-likeness (QED) is 0.475. The average Bonchev–Trinajstić information content (AvgIpc) is 2.00. The summed E-state index contributed by atoms with van der Waals surface area (Å²) in [7, 11) is -1.16. The van der Waals surface area contributed by atoms with Gasteiger partial charge in [0.05, 0.1) is 11.8 Å². The fourth-order valence-electron chi connectivity index (χ4n) is 1.23. The highest BCUT2D eigenvalue weighted by Crippen LogP contribution is 2.01. The van der Waals surface area contributed by atoms with Gasteiger partial charge in [0, 0.05) is 12.8 Å². The molecule has 1 unspecified atom stereocenters. The van der Waals surface area contributed by atoms with Crippen molar-refractivity contribution < 1.29 is 8.42 Å². The van der Waals surface area contributed by atoms with Gasteiger partial charge in [-0.3, -0.25) is 10.3 Å². The van der Waals surface area contributed by atoms with Gasteiger partial charge in [-0.05, 0) is 13.5 Å². The Morgan fingerprint density at radius 2 is 2.07 bits per heavy atom. The lowest BCUT2D eigenvalue weighted by atomic mass is 10.2. The second-order valence-corrected chi connectivity index (χ2v) is 5.75. The van der Waals surface area contributed by atoms with Crippen molar-refractivity contribution >= 4 is 15.7 Å². The molecule has 0 rings (SSSR count). The Labute approximate surface area is 85.7 Å². The zero-order valence-corrected chi connectivity index (χ0v) is 9.76. The van der Waals surface area contributed by atoms with Crippen LogP contribution in [0.1, 0.15) is 13.3 Å². The Morgan fingerprint density at radius 3 is 2.36 bits per heavy atom. The minimum absolute atomic E-state index is 0.0866.